The molecule has 1 aliphatic heterocycles. The van der Waals surface area contributed by atoms with E-state index in [0.29, 0.717) is 35.0 Å². The number of hydrogen-bond donors (Lipinski definition) is 2. The summed E-state index contributed by atoms with van der Waals surface area (Å²) >= 11 is 1.26. The number of alkyl halides is 3. The predicted octanol–water partition coefficient (Wildman–Crippen LogP) is 4.54. The first-order valence-corrected chi connectivity index (χ1v) is 10.2. The molecule has 3 amide bonds. The molecule has 160 valence electrons. The van der Waals surface area contributed by atoms with Gasteiger partial charge in [-0.1, -0.05) is 12.1 Å². The molecule has 6 nitrogen and oxygen atoms in total. The molecule has 0 aliphatic carbocycles. The number of thiazole rings is 1. The van der Waals surface area contributed by atoms with Gasteiger partial charge in [0.2, 0.25) is 5.91 Å². The first kappa shape index (κ1) is 20.9. The van der Waals surface area contributed by atoms with Gasteiger partial charge in [0.05, 0.1) is 17.7 Å². The SMILES string of the molecule is O=C(Cc1csc(-c2ccc(C(F)(F)F)cc2)n1)Nc1ccc(N2CCNC2=O)cc1. The Morgan fingerprint density at radius 3 is 2.45 bits per heavy atom. The van der Waals surface area contributed by atoms with Crippen LogP contribution in [0.5, 0.6) is 0 Å². The normalized spacial score (nSPS) is 13.9. The minimum absolute atomic E-state index is 0.0351. The molecule has 3 aromatic rings. The third-order valence-corrected chi connectivity index (χ3v) is 5.61. The standard InChI is InChI=1S/C21H17F3N4O2S/c22-21(23,24)14-3-1-13(2-4-14)19-27-16(12-31-19)11-18(29)26-15-5-7-17(8-6-15)28-10-9-25-20(28)30/h1-8,12H,9-11H2,(H,25,30)(H,26,29). The molecule has 1 aliphatic rings. The van der Waals surface area contributed by atoms with Crippen LogP contribution >= 0.6 is 11.3 Å². The van der Waals surface area contributed by atoms with Crippen molar-refractivity contribution in [2.75, 3.05) is 23.3 Å². The number of nitrogens with one attached hydrogen (secondary N) is 2. The van der Waals surface area contributed by atoms with Crippen molar-refractivity contribution in [2.45, 2.75) is 12.6 Å². The van der Waals surface area contributed by atoms with Gasteiger partial charge in [-0.15, -0.1) is 11.3 Å². The van der Waals surface area contributed by atoms with Crippen molar-refractivity contribution in [2.24, 2.45) is 0 Å². The number of hydrogen-bond acceptors (Lipinski definition) is 4. The molecular weight excluding hydrogens is 429 g/mol. The number of benzene rings is 2. The number of urea groups is 1. The van der Waals surface area contributed by atoms with Crippen molar-refractivity contribution in [3.8, 4) is 10.6 Å². The number of aromatic nitrogens is 1. The summed E-state index contributed by atoms with van der Waals surface area (Å²) in [5.74, 6) is -0.268. The van der Waals surface area contributed by atoms with Crippen molar-refractivity contribution in [3.05, 3.63) is 65.2 Å². The summed E-state index contributed by atoms with van der Waals surface area (Å²) in [7, 11) is 0. The molecule has 0 radical (unpaired) electrons. The molecule has 0 saturated carbocycles. The maximum absolute atomic E-state index is 12.7. The van der Waals surface area contributed by atoms with Gasteiger partial charge >= 0.3 is 12.2 Å². The van der Waals surface area contributed by atoms with E-state index in [9.17, 15) is 22.8 Å². The highest BCUT2D eigenvalue weighted by atomic mass is 32.1. The van der Waals surface area contributed by atoms with E-state index in [2.05, 4.69) is 15.6 Å². The van der Waals surface area contributed by atoms with E-state index in [1.54, 1.807) is 34.5 Å². The smallest absolute Gasteiger partial charge is 0.336 e. The Morgan fingerprint density at radius 1 is 1.13 bits per heavy atom. The van der Waals surface area contributed by atoms with Gasteiger partial charge in [0.15, 0.2) is 0 Å². The lowest BCUT2D eigenvalue weighted by molar-refractivity contribution is -0.137. The molecule has 2 aromatic carbocycles. The molecule has 0 spiro atoms. The van der Waals surface area contributed by atoms with Crippen LogP contribution in [0, 0.1) is 0 Å². The lowest BCUT2D eigenvalue weighted by atomic mass is 10.1. The Hall–Kier alpha value is -3.40. The zero-order chi connectivity index (χ0) is 22.0. The molecule has 0 unspecified atom stereocenters. The molecule has 10 heteroatoms. The zero-order valence-electron chi connectivity index (χ0n) is 16.1. The van der Waals surface area contributed by atoms with E-state index in [1.807, 2.05) is 0 Å². The molecule has 1 aromatic heterocycles. The Bertz CT molecular complexity index is 1100. The predicted molar refractivity (Wildman–Crippen MR) is 112 cm³/mol. The summed E-state index contributed by atoms with van der Waals surface area (Å²) in [6, 6.07) is 11.6. The van der Waals surface area contributed by atoms with Crippen LogP contribution in [-0.2, 0) is 17.4 Å². The monoisotopic (exact) mass is 446 g/mol. The highest BCUT2D eigenvalue weighted by Crippen LogP contribution is 2.32. The lowest BCUT2D eigenvalue weighted by Gasteiger charge is -2.14. The van der Waals surface area contributed by atoms with E-state index in [1.165, 1.54) is 23.5 Å². The average Bonchev–Trinajstić information content (AvgIpc) is 3.37. The van der Waals surface area contributed by atoms with E-state index in [-0.39, 0.29) is 18.4 Å². The zero-order valence-corrected chi connectivity index (χ0v) is 16.9. The Morgan fingerprint density at radius 2 is 1.84 bits per heavy atom. The second kappa shape index (κ2) is 8.38. The quantitative estimate of drug-likeness (QED) is 0.604. The van der Waals surface area contributed by atoms with Crippen LogP contribution < -0.4 is 15.5 Å². The molecule has 0 bridgehead atoms. The fraction of sp³-hybridized carbons (Fsp3) is 0.190. The topological polar surface area (TPSA) is 74.3 Å². The maximum atomic E-state index is 12.7. The summed E-state index contributed by atoms with van der Waals surface area (Å²) in [5, 5.41) is 7.76. The van der Waals surface area contributed by atoms with Gasteiger partial charge < -0.3 is 10.6 Å². The second-order valence-electron chi connectivity index (χ2n) is 6.87. The van der Waals surface area contributed by atoms with Gasteiger partial charge in [0.1, 0.15) is 5.01 Å². The van der Waals surface area contributed by atoms with Crippen LogP contribution in [0.15, 0.2) is 53.9 Å². The van der Waals surface area contributed by atoms with Gasteiger partial charge in [0, 0.05) is 35.4 Å². The van der Waals surface area contributed by atoms with E-state index in [4.69, 9.17) is 0 Å². The Kier molecular flexibility index (Phi) is 5.64. The summed E-state index contributed by atoms with van der Waals surface area (Å²) in [5.41, 5.74) is 1.71. The molecule has 4 rings (SSSR count). The van der Waals surface area contributed by atoms with Gasteiger partial charge in [-0.2, -0.15) is 13.2 Å². The van der Waals surface area contributed by atoms with Gasteiger partial charge in [0.25, 0.3) is 0 Å². The third-order valence-electron chi connectivity index (χ3n) is 4.67. The highest BCUT2D eigenvalue weighted by Gasteiger charge is 2.30. The molecule has 1 saturated heterocycles. The van der Waals surface area contributed by atoms with Gasteiger partial charge in [-0.05, 0) is 36.4 Å². The fourth-order valence-electron chi connectivity index (χ4n) is 3.13. The molecular formula is C21H17F3N4O2S. The van der Waals surface area contributed by atoms with Crippen molar-refractivity contribution in [1.29, 1.82) is 0 Å². The van der Waals surface area contributed by atoms with Crippen LogP contribution in [0.25, 0.3) is 10.6 Å². The number of rotatable bonds is 5. The first-order chi connectivity index (χ1) is 14.8. The first-order valence-electron chi connectivity index (χ1n) is 9.37. The maximum Gasteiger partial charge on any atom is 0.416 e. The number of halogens is 3. The van der Waals surface area contributed by atoms with Crippen molar-refractivity contribution >= 4 is 34.6 Å². The fourth-order valence-corrected chi connectivity index (χ4v) is 3.96. The molecule has 2 N–H and O–H groups in total. The number of nitrogens with zero attached hydrogens (tertiary/aromatic N) is 2. The number of amides is 3. The second-order valence-corrected chi connectivity index (χ2v) is 7.73. The van der Waals surface area contributed by atoms with E-state index >= 15 is 0 Å². The highest BCUT2D eigenvalue weighted by molar-refractivity contribution is 7.13. The summed E-state index contributed by atoms with van der Waals surface area (Å²) < 4.78 is 38.1. The number of anilines is 2. The van der Waals surface area contributed by atoms with Gasteiger partial charge in [-0.25, -0.2) is 9.78 Å². The van der Waals surface area contributed by atoms with Crippen LogP contribution in [-0.4, -0.2) is 30.0 Å². The van der Waals surface area contributed by atoms with Crippen LogP contribution in [0.4, 0.5) is 29.3 Å². The minimum atomic E-state index is -4.39. The molecule has 1 fully saturated rings. The summed E-state index contributed by atoms with van der Waals surface area (Å²) in [4.78, 5) is 30.0. The average molecular weight is 446 g/mol. The molecule has 2 heterocycles. The van der Waals surface area contributed by atoms with Crippen molar-refractivity contribution < 1.29 is 22.8 Å². The van der Waals surface area contributed by atoms with E-state index < -0.39 is 11.7 Å². The van der Waals surface area contributed by atoms with Crippen molar-refractivity contribution in [1.82, 2.24) is 10.3 Å². The Balaban J connectivity index is 1.36. The largest absolute Gasteiger partial charge is 0.416 e. The van der Waals surface area contributed by atoms with Crippen LogP contribution in [0.1, 0.15) is 11.3 Å². The van der Waals surface area contributed by atoms with Crippen LogP contribution in [0.3, 0.4) is 0 Å². The molecule has 0 atom stereocenters. The van der Waals surface area contributed by atoms with Crippen molar-refractivity contribution in [3.63, 3.8) is 0 Å². The number of carbonyl (C=O) groups is 2. The summed E-state index contributed by atoms with van der Waals surface area (Å²) in [6.07, 6.45) is -4.35. The Labute approximate surface area is 179 Å². The van der Waals surface area contributed by atoms with E-state index in [0.717, 1.165) is 17.8 Å². The molecule has 31 heavy (non-hydrogen) atoms. The minimum Gasteiger partial charge on any atom is -0.336 e. The summed E-state index contributed by atoms with van der Waals surface area (Å²) in [6.45, 7) is 1.19. The third kappa shape index (κ3) is 4.85. The lowest BCUT2D eigenvalue weighted by Crippen LogP contribution is -2.27. The number of carbonyl (C=O) groups excluding carboxylic acids is 2. The van der Waals surface area contributed by atoms with Gasteiger partial charge in [-0.3, -0.25) is 9.69 Å². The van der Waals surface area contributed by atoms with Crippen LogP contribution in [0.2, 0.25) is 0 Å².